The molecule has 3 heteroatoms. The van der Waals surface area contributed by atoms with Crippen LogP contribution >= 0.6 is 31.9 Å². The lowest BCUT2D eigenvalue weighted by Crippen LogP contribution is -2.14. The number of ketones is 1. The summed E-state index contributed by atoms with van der Waals surface area (Å²) in [5.41, 5.74) is 0. The first-order chi connectivity index (χ1) is 4.72. The lowest BCUT2D eigenvalue weighted by atomic mass is 10.1. The molecule has 0 saturated heterocycles. The summed E-state index contributed by atoms with van der Waals surface area (Å²) in [5.74, 6) is 0.244. The Morgan fingerprint density at radius 2 is 2.20 bits per heavy atom. The second kappa shape index (κ2) is 6.35. The van der Waals surface area contributed by atoms with Gasteiger partial charge in [-0.2, -0.15) is 0 Å². The predicted molar refractivity (Wildman–Crippen MR) is 51.0 cm³/mol. The van der Waals surface area contributed by atoms with Gasteiger partial charge in [-0.05, 0) is 6.42 Å². The third kappa shape index (κ3) is 4.45. The normalized spacial score (nSPS) is 13.1. The molecule has 0 heterocycles. The number of carbonyl (C=O) groups excluding carboxylic acids is 1. The summed E-state index contributed by atoms with van der Waals surface area (Å²) >= 11 is 6.45. The number of alkyl halides is 2. The molecule has 60 valence electrons. The van der Waals surface area contributed by atoms with E-state index in [1.165, 1.54) is 0 Å². The zero-order chi connectivity index (χ0) is 7.98. The molecule has 0 N–H and O–H groups in total. The zero-order valence-corrected chi connectivity index (χ0v) is 9.24. The molecule has 0 aromatic heterocycles. The van der Waals surface area contributed by atoms with E-state index in [2.05, 4.69) is 38.8 Å². The van der Waals surface area contributed by atoms with Gasteiger partial charge in [0, 0.05) is 0 Å². The van der Waals surface area contributed by atoms with Crippen LogP contribution in [0, 0.1) is 0 Å². The number of hydrogen-bond donors (Lipinski definition) is 0. The fraction of sp³-hybridized carbons (Fsp3) is 0.857. The lowest BCUT2D eigenvalue weighted by molar-refractivity contribution is -0.116. The molecule has 0 amide bonds. The fourth-order valence-electron chi connectivity index (χ4n) is 0.628. The Bertz CT molecular complexity index is 104. The van der Waals surface area contributed by atoms with Crippen LogP contribution < -0.4 is 0 Å². The van der Waals surface area contributed by atoms with Crippen molar-refractivity contribution in [2.45, 2.75) is 31.0 Å². The van der Waals surface area contributed by atoms with Gasteiger partial charge in [-0.3, -0.25) is 4.79 Å². The maximum Gasteiger partial charge on any atom is 0.156 e. The van der Waals surface area contributed by atoms with Crippen LogP contribution in [0.25, 0.3) is 0 Å². The number of Topliss-reactive ketones (excluding diaryl/α,β-unsaturated/α-hetero) is 1. The molecule has 0 aromatic carbocycles. The van der Waals surface area contributed by atoms with E-state index in [4.69, 9.17) is 0 Å². The average Bonchev–Trinajstić information content (AvgIpc) is 1.98. The fourth-order valence-corrected chi connectivity index (χ4v) is 1.94. The quantitative estimate of drug-likeness (QED) is 0.703. The van der Waals surface area contributed by atoms with E-state index in [0.717, 1.165) is 19.3 Å². The summed E-state index contributed by atoms with van der Waals surface area (Å²) in [6.45, 7) is 2.12. The number of halogens is 2. The number of hydrogen-bond acceptors (Lipinski definition) is 1. The Hall–Kier alpha value is 0.630. The summed E-state index contributed by atoms with van der Waals surface area (Å²) in [6.07, 6.45) is 3.23. The minimum absolute atomic E-state index is 0.0619. The Morgan fingerprint density at radius 3 is 2.60 bits per heavy atom. The summed E-state index contributed by atoms with van der Waals surface area (Å²) in [6, 6.07) is 0. The van der Waals surface area contributed by atoms with Gasteiger partial charge in [-0.25, -0.2) is 0 Å². The first-order valence-corrected chi connectivity index (χ1v) is 5.48. The first kappa shape index (κ1) is 10.6. The molecule has 0 aliphatic heterocycles. The van der Waals surface area contributed by atoms with Crippen LogP contribution in [0.4, 0.5) is 0 Å². The van der Waals surface area contributed by atoms with Crippen molar-refractivity contribution in [3.05, 3.63) is 0 Å². The van der Waals surface area contributed by atoms with E-state index >= 15 is 0 Å². The highest BCUT2D eigenvalue weighted by Crippen LogP contribution is 2.11. The Labute approximate surface area is 78.8 Å². The van der Waals surface area contributed by atoms with Crippen LogP contribution in [-0.2, 0) is 4.79 Å². The first-order valence-electron chi connectivity index (χ1n) is 3.45. The maximum absolute atomic E-state index is 10.9. The standard InChI is InChI=1S/C7H12Br2O/c1-2-3-4-6(9)7(10)5-8/h6H,2-5H2,1H3/t6-/m1/s1. The van der Waals surface area contributed by atoms with E-state index in [-0.39, 0.29) is 10.6 Å². The highest BCUT2D eigenvalue weighted by atomic mass is 79.9. The maximum atomic E-state index is 10.9. The van der Waals surface area contributed by atoms with Crippen LogP contribution in [-0.4, -0.2) is 15.9 Å². The van der Waals surface area contributed by atoms with Crippen molar-refractivity contribution in [3.8, 4) is 0 Å². The van der Waals surface area contributed by atoms with Crippen LogP contribution in [0.5, 0.6) is 0 Å². The van der Waals surface area contributed by atoms with Gasteiger partial charge in [0.25, 0.3) is 0 Å². The Balaban J connectivity index is 3.41. The van der Waals surface area contributed by atoms with Crippen molar-refractivity contribution in [3.63, 3.8) is 0 Å². The van der Waals surface area contributed by atoms with Gasteiger partial charge in [0.2, 0.25) is 0 Å². The second-order valence-electron chi connectivity index (χ2n) is 2.21. The molecule has 1 nitrogen and oxygen atoms in total. The molecule has 0 saturated carbocycles. The summed E-state index contributed by atoms with van der Waals surface area (Å²) in [7, 11) is 0. The van der Waals surface area contributed by atoms with Gasteiger partial charge < -0.3 is 0 Å². The molecular weight excluding hydrogens is 260 g/mol. The predicted octanol–water partition coefficient (Wildman–Crippen LogP) is 2.90. The van der Waals surface area contributed by atoms with E-state index < -0.39 is 0 Å². The van der Waals surface area contributed by atoms with Crippen LogP contribution in [0.2, 0.25) is 0 Å². The molecule has 1 atom stereocenters. The summed E-state index contributed by atoms with van der Waals surface area (Å²) in [5, 5.41) is 0.465. The topological polar surface area (TPSA) is 17.1 Å². The largest absolute Gasteiger partial charge is 0.298 e. The van der Waals surface area contributed by atoms with Gasteiger partial charge in [-0.15, -0.1) is 0 Å². The number of carbonyl (C=O) groups is 1. The SMILES string of the molecule is CCCC[C@@H](Br)C(=O)CBr. The van der Waals surface area contributed by atoms with Crippen LogP contribution in [0.15, 0.2) is 0 Å². The highest BCUT2D eigenvalue weighted by molar-refractivity contribution is 9.10. The van der Waals surface area contributed by atoms with Gasteiger partial charge in [0.05, 0.1) is 10.2 Å². The summed E-state index contributed by atoms with van der Waals surface area (Å²) in [4.78, 5) is 11.0. The summed E-state index contributed by atoms with van der Waals surface area (Å²) < 4.78 is 0. The molecule has 10 heavy (non-hydrogen) atoms. The van der Waals surface area contributed by atoms with Gasteiger partial charge in [0.1, 0.15) is 0 Å². The minimum atomic E-state index is 0.0619. The van der Waals surface area contributed by atoms with Gasteiger partial charge >= 0.3 is 0 Å². The Kier molecular flexibility index (Phi) is 6.75. The molecule has 0 radical (unpaired) electrons. The molecule has 0 rings (SSSR count). The van der Waals surface area contributed by atoms with E-state index in [1.54, 1.807) is 0 Å². The van der Waals surface area contributed by atoms with Crippen LogP contribution in [0.1, 0.15) is 26.2 Å². The third-order valence-corrected chi connectivity index (χ3v) is 2.81. The van der Waals surface area contributed by atoms with Crippen molar-refractivity contribution in [2.24, 2.45) is 0 Å². The molecule has 0 aliphatic carbocycles. The van der Waals surface area contributed by atoms with E-state index in [0.29, 0.717) is 5.33 Å². The van der Waals surface area contributed by atoms with Crippen molar-refractivity contribution in [1.82, 2.24) is 0 Å². The minimum Gasteiger partial charge on any atom is -0.298 e. The zero-order valence-electron chi connectivity index (χ0n) is 6.07. The van der Waals surface area contributed by atoms with E-state index in [9.17, 15) is 4.79 Å². The molecule has 0 aliphatic rings. The number of unbranched alkanes of at least 4 members (excludes halogenated alkanes) is 1. The Morgan fingerprint density at radius 1 is 1.60 bits per heavy atom. The molecule has 0 aromatic rings. The van der Waals surface area contributed by atoms with Crippen molar-refractivity contribution in [2.75, 3.05) is 5.33 Å². The smallest absolute Gasteiger partial charge is 0.156 e. The third-order valence-electron chi connectivity index (χ3n) is 1.29. The van der Waals surface area contributed by atoms with Crippen molar-refractivity contribution < 1.29 is 4.79 Å². The van der Waals surface area contributed by atoms with Crippen molar-refractivity contribution >= 4 is 37.6 Å². The lowest BCUT2D eigenvalue weighted by Gasteiger charge is -2.03. The molecule has 0 unspecified atom stereocenters. The average molecular weight is 272 g/mol. The number of rotatable bonds is 5. The molecule has 0 spiro atoms. The van der Waals surface area contributed by atoms with E-state index in [1.807, 2.05) is 0 Å². The second-order valence-corrected chi connectivity index (χ2v) is 3.88. The van der Waals surface area contributed by atoms with Gasteiger partial charge in [-0.1, -0.05) is 51.6 Å². The van der Waals surface area contributed by atoms with Gasteiger partial charge in [0.15, 0.2) is 5.78 Å². The van der Waals surface area contributed by atoms with Crippen molar-refractivity contribution in [1.29, 1.82) is 0 Å². The monoisotopic (exact) mass is 270 g/mol. The highest BCUT2D eigenvalue weighted by Gasteiger charge is 2.11. The molecule has 0 fully saturated rings. The molecule has 0 bridgehead atoms. The molecular formula is C7H12Br2O. The van der Waals surface area contributed by atoms with Crippen LogP contribution in [0.3, 0.4) is 0 Å².